The zero-order valence-corrected chi connectivity index (χ0v) is 16.0. The Hall–Kier alpha value is -1.55. The molecule has 0 radical (unpaired) electrons. The van der Waals surface area contributed by atoms with Crippen molar-refractivity contribution in [2.75, 3.05) is 6.54 Å². The highest BCUT2D eigenvalue weighted by Crippen LogP contribution is 2.43. The standard InChI is InChI=1S/C20H30N2O2/c1-18(2,3)12-22-16(21-20(6,7)17(22)23)14-10-8-9-13-11-19(4,5)24-15(13)14/h8-10,16,21H,11-12H2,1-7H3. The lowest BCUT2D eigenvalue weighted by Gasteiger charge is -2.32. The first kappa shape index (κ1) is 17.3. The summed E-state index contributed by atoms with van der Waals surface area (Å²) in [5, 5.41) is 3.52. The predicted octanol–water partition coefficient (Wildman–Crippen LogP) is 3.66. The van der Waals surface area contributed by atoms with E-state index < -0.39 is 5.54 Å². The number of nitrogens with one attached hydrogen (secondary N) is 1. The average molecular weight is 330 g/mol. The largest absolute Gasteiger partial charge is 0.487 e. The van der Waals surface area contributed by atoms with E-state index >= 15 is 0 Å². The molecule has 1 atom stereocenters. The zero-order valence-electron chi connectivity index (χ0n) is 16.0. The van der Waals surface area contributed by atoms with Crippen LogP contribution in [0.4, 0.5) is 0 Å². The molecule has 0 saturated carbocycles. The van der Waals surface area contributed by atoms with Crippen molar-refractivity contribution in [3.05, 3.63) is 29.3 Å². The number of rotatable bonds is 2. The summed E-state index contributed by atoms with van der Waals surface area (Å²) in [4.78, 5) is 14.9. The van der Waals surface area contributed by atoms with Gasteiger partial charge in [-0.1, -0.05) is 39.0 Å². The van der Waals surface area contributed by atoms with Gasteiger partial charge in [0.1, 0.15) is 17.5 Å². The Morgan fingerprint density at radius 3 is 2.54 bits per heavy atom. The first-order chi connectivity index (χ1) is 10.9. The highest BCUT2D eigenvalue weighted by Gasteiger charge is 2.48. The lowest BCUT2D eigenvalue weighted by atomic mass is 9.94. The quantitative estimate of drug-likeness (QED) is 0.900. The van der Waals surface area contributed by atoms with Crippen LogP contribution in [0.2, 0.25) is 0 Å². The summed E-state index contributed by atoms with van der Waals surface area (Å²) in [6.07, 6.45) is 0.759. The summed E-state index contributed by atoms with van der Waals surface area (Å²) in [5.74, 6) is 1.10. The van der Waals surface area contributed by atoms with E-state index in [0.29, 0.717) is 6.54 Å². The van der Waals surface area contributed by atoms with Crippen molar-refractivity contribution in [1.29, 1.82) is 0 Å². The Kier molecular flexibility index (Phi) is 3.76. The summed E-state index contributed by atoms with van der Waals surface area (Å²) in [5.41, 5.74) is 1.58. The van der Waals surface area contributed by atoms with Gasteiger partial charge in [-0.25, -0.2) is 0 Å². The molecule has 0 spiro atoms. The zero-order chi connectivity index (χ0) is 17.9. The molecule has 3 rings (SSSR count). The van der Waals surface area contributed by atoms with Crippen LogP contribution < -0.4 is 10.1 Å². The molecule has 0 aromatic heterocycles. The second kappa shape index (κ2) is 5.22. The van der Waals surface area contributed by atoms with Gasteiger partial charge >= 0.3 is 0 Å². The molecular formula is C20H30N2O2. The van der Waals surface area contributed by atoms with Gasteiger partial charge in [0.05, 0.1) is 5.54 Å². The van der Waals surface area contributed by atoms with Gasteiger partial charge in [0.2, 0.25) is 5.91 Å². The Labute approximate surface area is 145 Å². The van der Waals surface area contributed by atoms with Crippen molar-refractivity contribution in [1.82, 2.24) is 10.2 Å². The highest BCUT2D eigenvalue weighted by atomic mass is 16.5. The molecule has 0 aliphatic carbocycles. The van der Waals surface area contributed by atoms with Crippen molar-refractivity contribution in [3.63, 3.8) is 0 Å². The van der Waals surface area contributed by atoms with Gasteiger partial charge in [-0.3, -0.25) is 10.1 Å². The number of fused-ring (bicyclic) bond motifs is 1. The van der Waals surface area contributed by atoms with Crippen molar-refractivity contribution < 1.29 is 9.53 Å². The molecule has 1 unspecified atom stereocenters. The number of benzene rings is 1. The smallest absolute Gasteiger partial charge is 0.243 e. The lowest BCUT2D eigenvalue weighted by molar-refractivity contribution is -0.133. The van der Waals surface area contributed by atoms with E-state index in [2.05, 4.69) is 58.1 Å². The van der Waals surface area contributed by atoms with Crippen LogP contribution in [-0.2, 0) is 11.2 Å². The Morgan fingerprint density at radius 1 is 1.25 bits per heavy atom. The maximum atomic E-state index is 12.9. The van der Waals surface area contributed by atoms with Crippen LogP contribution in [0, 0.1) is 5.41 Å². The lowest BCUT2D eigenvalue weighted by Crippen LogP contribution is -2.41. The third-order valence-corrected chi connectivity index (χ3v) is 4.67. The average Bonchev–Trinajstić information content (AvgIpc) is 2.84. The topological polar surface area (TPSA) is 41.6 Å². The number of ether oxygens (including phenoxy) is 1. The number of amides is 1. The predicted molar refractivity (Wildman–Crippen MR) is 96.0 cm³/mol. The third-order valence-electron chi connectivity index (χ3n) is 4.67. The minimum atomic E-state index is -0.563. The van der Waals surface area contributed by atoms with E-state index in [0.717, 1.165) is 17.7 Å². The molecular weight excluding hydrogens is 300 g/mol. The Balaban J connectivity index is 2.02. The van der Waals surface area contributed by atoms with Crippen LogP contribution in [0.25, 0.3) is 0 Å². The molecule has 0 bridgehead atoms. The first-order valence-electron chi connectivity index (χ1n) is 8.79. The third kappa shape index (κ3) is 3.04. The minimum absolute atomic E-state index is 0.0358. The molecule has 4 nitrogen and oxygen atoms in total. The number of para-hydroxylation sites is 1. The van der Waals surface area contributed by atoms with Gasteiger partial charge < -0.3 is 9.64 Å². The van der Waals surface area contributed by atoms with Crippen LogP contribution in [0.15, 0.2) is 18.2 Å². The van der Waals surface area contributed by atoms with Gasteiger partial charge in [0, 0.05) is 18.5 Å². The molecule has 1 saturated heterocycles. The van der Waals surface area contributed by atoms with E-state index in [1.54, 1.807) is 0 Å². The normalized spacial score (nSPS) is 24.9. The fourth-order valence-electron chi connectivity index (χ4n) is 3.73. The van der Waals surface area contributed by atoms with Gasteiger partial charge in [-0.2, -0.15) is 0 Å². The number of carbonyl (C=O) groups excluding carboxylic acids is 1. The molecule has 1 aromatic carbocycles. The van der Waals surface area contributed by atoms with Gasteiger partial charge in [0.25, 0.3) is 0 Å². The molecule has 2 heterocycles. The van der Waals surface area contributed by atoms with Gasteiger partial charge in [0.15, 0.2) is 0 Å². The molecule has 24 heavy (non-hydrogen) atoms. The number of hydrogen-bond acceptors (Lipinski definition) is 3. The second-order valence-corrected chi connectivity index (χ2v) is 9.54. The molecule has 1 amide bonds. The van der Waals surface area contributed by atoms with E-state index in [1.165, 1.54) is 5.56 Å². The fourth-order valence-corrected chi connectivity index (χ4v) is 3.73. The fraction of sp³-hybridized carbons (Fsp3) is 0.650. The molecule has 4 heteroatoms. The van der Waals surface area contributed by atoms with Crippen LogP contribution in [0.5, 0.6) is 5.75 Å². The number of carbonyl (C=O) groups is 1. The summed E-state index contributed by atoms with van der Waals surface area (Å²) in [7, 11) is 0. The van der Waals surface area contributed by atoms with E-state index in [1.807, 2.05) is 18.7 Å². The maximum Gasteiger partial charge on any atom is 0.243 e. The Bertz CT molecular complexity index is 671. The summed E-state index contributed by atoms with van der Waals surface area (Å²) in [6.45, 7) is 15.3. The molecule has 1 N–H and O–H groups in total. The van der Waals surface area contributed by atoms with Crippen molar-refractivity contribution in [2.24, 2.45) is 5.41 Å². The highest BCUT2D eigenvalue weighted by molar-refractivity contribution is 5.88. The molecule has 1 fully saturated rings. The molecule has 2 aliphatic heterocycles. The van der Waals surface area contributed by atoms with Crippen molar-refractivity contribution >= 4 is 5.91 Å². The van der Waals surface area contributed by atoms with Crippen molar-refractivity contribution in [3.8, 4) is 5.75 Å². The molecule has 2 aliphatic rings. The molecule has 1 aromatic rings. The van der Waals surface area contributed by atoms with Crippen LogP contribution >= 0.6 is 0 Å². The SMILES string of the molecule is CC(C)(C)CN1C(=O)C(C)(C)NC1c1cccc2c1OC(C)(C)C2. The van der Waals surface area contributed by atoms with Crippen LogP contribution in [0.3, 0.4) is 0 Å². The van der Waals surface area contributed by atoms with Crippen LogP contribution in [0.1, 0.15) is 65.8 Å². The van der Waals surface area contributed by atoms with Gasteiger partial charge in [-0.05, 0) is 38.7 Å². The van der Waals surface area contributed by atoms with E-state index in [-0.39, 0.29) is 23.1 Å². The van der Waals surface area contributed by atoms with Crippen LogP contribution in [-0.4, -0.2) is 28.5 Å². The summed E-state index contributed by atoms with van der Waals surface area (Å²) in [6, 6.07) is 6.29. The van der Waals surface area contributed by atoms with Crippen molar-refractivity contribution in [2.45, 2.75) is 72.2 Å². The minimum Gasteiger partial charge on any atom is -0.487 e. The van der Waals surface area contributed by atoms with E-state index in [9.17, 15) is 4.79 Å². The summed E-state index contributed by atoms with van der Waals surface area (Å²) >= 11 is 0. The monoisotopic (exact) mass is 330 g/mol. The molecule has 132 valence electrons. The summed E-state index contributed by atoms with van der Waals surface area (Å²) < 4.78 is 6.24. The second-order valence-electron chi connectivity index (χ2n) is 9.54. The number of nitrogens with zero attached hydrogens (tertiary/aromatic N) is 1. The van der Waals surface area contributed by atoms with Gasteiger partial charge in [-0.15, -0.1) is 0 Å². The van der Waals surface area contributed by atoms with E-state index in [4.69, 9.17) is 4.74 Å². The maximum absolute atomic E-state index is 12.9. The first-order valence-corrected chi connectivity index (χ1v) is 8.79. The Morgan fingerprint density at radius 2 is 1.92 bits per heavy atom. The number of hydrogen-bond donors (Lipinski definition) is 1.